The van der Waals surface area contributed by atoms with Crippen LogP contribution < -0.4 is 0 Å². The third-order valence-corrected chi connectivity index (χ3v) is 3.29. The summed E-state index contributed by atoms with van der Waals surface area (Å²) in [5.74, 6) is -0.0769. The molecule has 1 aliphatic carbocycles. The van der Waals surface area contributed by atoms with Gasteiger partial charge >= 0.3 is 6.36 Å². The molecule has 0 radical (unpaired) electrons. The van der Waals surface area contributed by atoms with Crippen LogP contribution in [-0.2, 0) is 4.74 Å². The highest BCUT2D eigenvalue weighted by molar-refractivity contribution is 7.99. The first-order valence-electron chi connectivity index (χ1n) is 5.02. The Labute approximate surface area is 102 Å². The normalized spacial score (nSPS) is 17.8. The van der Waals surface area contributed by atoms with Crippen LogP contribution in [0.15, 0.2) is 23.5 Å². The lowest BCUT2D eigenvalue weighted by Gasteiger charge is -2.19. The zero-order valence-electron chi connectivity index (χ0n) is 9.25. The molecule has 0 heterocycles. The third-order valence-electron chi connectivity index (χ3n) is 2.28. The van der Waals surface area contributed by atoms with Crippen molar-refractivity contribution in [3.05, 3.63) is 23.5 Å². The van der Waals surface area contributed by atoms with Crippen LogP contribution in [0.3, 0.4) is 0 Å². The first kappa shape index (κ1) is 14.0. The standard InChI is InChI=1S/C11H12F3NOS/c1-17-10(5-6-15)8-3-2-4-9(7-8)16-11(12,13)14/h3,7,10H,2,4-5H2,1H3/t10-/m1/s1. The molecule has 0 aromatic carbocycles. The number of ether oxygens (including phenoxy) is 1. The Morgan fingerprint density at radius 1 is 1.59 bits per heavy atom. The molecular formula is C11H12F3NOS. The van der Waals surface area contributed by atoms with E-state index in [0.29, 0.717) is 6.42 Å². The quantitative estimate of drug-likeness (QED) is 0.774. The van der Waals surface area contributed by atoms with Crippen LogP contribution in [0.5, 0.6) is 0 Å². The monoisotopic (exact) mass is 263 g/mol. The average molecular weight is 263 g/mol. The fraction of sp³-hybridized carbons (Fsp3) is 0.545. The fourth-order valence-electron chi connectivity index (χ4n) is 1.57. The van der Waals surface area contributed by atoms with Crippen molar-refractivity contribution in [1.29, 1.82) is 5.26 Å². The molecule has 6 heteroatoms. The van der Waals surface area contributed by atoms with Crippen molar-refractivity contribution in [3.63, 3.8) is 0 Å². The van der Waals surface area contributed by atoms with E-state index in [1.165, 1.54) is 17.8 Å². The van der Waals surface area contributed by atoms with E-state index >= 15 is 0 Å². The number of hydrogen-bond acceptors (Lipinski definition) is 3. The van der Waals surface area contributed by atoms with Crippen molar-refractivity contribution in [2.75, 3.05) is 6.26 Å². The number of nitrogens with zero attached hydrogens (tertiary/aromatic N) is 1. The van der Waals surface area contributed by atoms with Gasteiger partial charge in [0.15, 0.2) is 0 Å². The highest BCUT2D eigenvalue weighted by atomic mass is 32.2. The van der Waals surface area contributed by atoms with Gasteiger partial charge in [-0.1, -0.05) is 6.08 Å². The van der Waals surface area contributed by atoms with Gasteiger partial charge in [0.2, 0.25) is 0 Å². The summed E-state index contributed by atoms with van der Waals surface area (Å²) in [7, 11) is 0. The van der Waals surface area contributed by atoms with Crippen LogP contribution in [0, 0.1) is 11.3 Å². The van der Waals surface area contributed by atoms with Crippen molar-refractivity contribution >= 4 is 11.8 Å². The molecule has 0 saturated carbocycles. The second-order valence-electron chi connectivity index (χ2n) is 3.49. The molecule has 0 aromatic rings. The minimum atomic E-state index is -4.64. The van der Waals surface area contributed by atoms with Gasteiger partial charge in [0.05, 0.1) is 12.5 Å². The number of thioether (sulfide) groups is 1. The van der Waals surface area contributed by atoms with Crippen LogP contribution in [0.2, 0.25) is 0 Å². The minimum absolute atomic E-state index is 0.0769. The van der Waals surface area contributed by atoms with E-state index in [9.17, 15) is 13.2 Å². The number of rotatable bonds is 4. The molecule has 0 saturated heterocycles. The lowest BCUT2D eigenvalue weighted by atomic mass is 10.0. The summed E-state index contributed by atoms with van der Waals surface area (Å²) in [6.07, 6.45) is 1.49. The van der Waals surface area contributed by atoms with Gasteiger partial charge in [0, 0.05) is 11.7 Å². The van der Waals surface area contributed by atoms with Crippen molar-refractivity contribution in [1.82, 2.24) is 0 Å². The Bertz CT molecular complexity index is 368. The largest absolute Gasteiger partial charge is 0.572 e. The SMILES string of the molecule is CS[C@H](CC#N)C1=CCCC(OC(F)(F)F)=C1. The third kappa shape index (κ3) is 4.73. The Morgan fingerprint density at radius 2 is 2.29 bits per heavy atom. The maximum atomic E-state index is 12.1. The second kappa shape index (κ2) is 6.01. The van der Waals surface area contributed by atoms with Crippen molar-refractivity contribution in [2.45, 2.75) is 30.9 Å². The van der Waals surface area contributed by atoms with Gasteiger partial charge in [-0.05, 0) is 24.3 Å². The molecule has 0 unspecified atom stereocenters. The molecular weight excluding hydrogens is 251 g/mol. The number of nitriles is 1. The summed E-state index contributed by atoms with van der Waals surface area (Å²) in [6, 6.07) is 2.03. The molecule has 1 atom stereocenters. The Balaban J connectivity index is 2.75. The first-order chi connectivity index (χ1) is 7.96. The van der Waals surface area contributed by atoms with Crippen LogP contribution in [-0.4, -0.2) is 17.9 Å². The summed E-state index contributed by atoms with van der Waals surface area (Å²) in [6.45, 7) is 0. The van der Waals surface area contributed by atoms with Gasteiger partial charge in [-0.2, -0.15) is 17.0 Å². The van der Waals surface area contributed by atoms with Crippen LogP contribution in [0.4, 0.5) is 13.2 Å². The van der Waals surface area contributed by atoms with Gasteiger partial charge in [0.25, 0.3) is 0 Å². The summed E-state index contributed by atoms with van der Waals surface area (Å²) in [5.41, 5.74) is 0.740. The van der Waals surface area contributed by atoms with E-state index in [1.807, 2.05) is 18.4 Å². The van der Waals surface area contributed by atoms with E-state index in [-0.39, 0.29) is 23.9 Å². The first-order valence-corrected chi connectivity index (χ1v) is 6.31. The number of alkyl halides is 3. The smallest absolute Gasteiger partial charge is 0.410 e. The molecule has 0 spiro atoms. The zero-order chi connectivity index (χ0) is 12.9. The van der Waals surface area contributed by atoms with Gasteiger partial charge in [-0.15, -0.1) is 13.2 Å². The van der Waals surface area contributed by atoms with Gasteiger partial charge in [-0.3, -0.25) is 0 Å². The highest BCUT2D eigenvalue weighted by Gasteiger charge is 2.32. The summed E-state index contributed by atoms with van der Waals surface area (Å²) in [4.78, 5) is 0. The Morgan fingerprint density at radius 3 is 2.82 bits per heavy atom. The Kier molecular flexibility index (Phi) is 4.94. The van der Waals surface area contributed by atoms with E-state index in [1.54, 1.807) is 0 Å². The molecule has 0 aliphatic heterocycles. The predicted octanol–water partition coefficient (Wildman–Crippen LogP) is 3.77. The van der Waals surface area contributed by atoms with Crippen LogP contribution in [0.1, 0.15) is 19.3 Å². The zero-order valence-corrected chi connectivity index (χ0v) is 10.1. The topological polar surface area (TPSA) is 33.0 Å². The molecule has 1 aliphatic rings. The lowest BCUT2D eigenvalue weighted by Crippen LogP contribution is -2.15. The molecule has 0 bridgehead atoms. The average Bonchev–Trinajstić information content (AvgIpc) is 2.24. The molecule has 1 rings (SSSR count). The number of hydrogen-bond donors (Lipinski definition) is 0. The molecule has 94 valence electrons. The van der Waals surface area contributed by atoms with Crippen LogP contribution >= 0.6 is 11.8 Å². The van der Waals surface area contributed by atoms with Gasteiger partial charge < -0.3 is 4.74 Å². The molecule has 0 amide bonds. The van der Waals surface area contributed by atoms with Crippen LogP contribution in [0.25, 0.3) is 0 Å². The maximum absolute atomic E-state index is 12.1. The predicted molar refractivity (Wildman–Crippen MR) is 60.1 cm³/mol. The minimum Gasteiger partial charge on any atom is -0.410 e. The highest BCUT2D eigenvalue weighted by Crippen LogP contribution is 2.31. The van der Waals surface area contributed by atoms with E-state index in [4.69, 9.17) is 5.26 Å². The summed E-state index contributed by atoms with van der Waals surface area (Å²) in [5, 5.41) is 8.54. The van der Waals surface area contributed by atoms with E-state index < -0.39 is 6.36 Å². The molecule has 2 nitrogen and oxygen atoms in total. The molecule has 0 fully saturated rings. The van der Waals surface area contributed by atoms with Crippen molar-refractivity contribution < 1.29 is 17.9 Å². The molecule has 0 N–H and O–H groups in total. The second-order valence-corrected chi connectivity index (χ2v) is 4.53. The van der Waals surface area contributed by atoms with Crippen molar-refractivity contribution in [3.8, 4) is 6.07 Å². The Hall–Kier alpha value is -1.09. The lowest BCUT2D eigenvalue weighted by molar-refractivity contribution is -0.306. The van der Waals surface area contributed by atoms with Gasteiger partial charge in [0.1, 0.15) is 5.76 Å². The fourth-order valence-corrected chi connectivity index (χ4v) is 2.25. The van der Waals surface area contributed by atoms with Crippen molar-refractivity contribution in [2.24, 2.45) is 0 Å². The molecule has 17 heavy (non-hydrogen) atoms. The number of allylic oxidation sites excluding steroid dienone is 3. The maximum Gasteiger partial charge on any atom is 0.572 e. The van der Waals surface area contributed by atoms with E-state index in [0.717, 1.165) is 5.57 Å². The number of halogens is 3. The summed E-state index contributed by atoms with van der Waals surface area (Å²) < 4.78 is 40.1. The summed E-state index contributed by atoms with van der Waals surface area (Å²) >= 11 is 1.45. The van der Waals surface area contributed by atoms with Gasteiger partial charge in [-0.25, -0.2) is 0 Å². The van der Waals surface area contributed by atoms with E-state index in [2.05, 4.69) is 4.74 Å². The molecule has 0 aromatic heterocycles.